The van der Waals surface area contributed by atoms with Gasteiger partial charge < -0.3 is 0 Å². The Morgan fingerprint density at radius 3 is 1.80 bits per heavy atom. The molecule has 0 fully saturated rings. The minimum Gasteiger partial charge on any atom is -0.175 e. The zero-order chi connectivity index (χ0) is 8.20. The van der Waals surface area contributed by atoms with Gasteiger partial charge in [0.1, 0.15) is 0 Å². The average molecular weight is 157 g/mol. The molecule has 0 radical (unpaired) electrons. The fourth-order valence-electron chi connectivity index (χ4n) is 0.372. The molecule has 0 saturated carbocycles. The van der Waals surface area contributed by atoms with Crippen LogP contribution in [0.2, 0.25) is 0 Å². The highest BCUT2D eigenvalue weighted by Gasteiger charge is 2.17. The molecular weight excluding hydrogens is 146 g/mol. The van der Waals surface area contributed by atoms with E-state index < -0.39 is 10.2 Å². The summed E-state index contributed by atoms with van der Waals surface area (Å²) in [6.45, 7) is 1.98. The van der Waals surface area contributed by atoms with Crippen molar-refractivity contribution in [3.63, 3.8) is 0 Å². The molecule has 0 amide bonds. The van der Waals surface area contributed by atoms with E-state index in [2.05, 4.69) is 0 Å². The first-order chi connectivity index (χ1) is 4.58. The third-order valence-electron chi connectivity index (χ3n) is 1.38. The summed E-state index contributed by atoms with van der Waals surface area (Å²) in [5, 5.41) is 16.9. The highest BCUT2D eigenvalue weighted by Crippen LogP contribution is 2.42. The third-order valence-corrected chi connectivity index (χ3v) is 3.95. The zero-order valence-electron chi connectivity index (χ0n) is 6.46. The highest BCUT2D eigenvalue weighted by molar-refractivity contribution is 8.30. The Balaban J connectivity index is 4.34. The maximum atomic E-state index is 8.47. The van der Waals surface area contributed by atoms with E-state index in [-0.39, 0.29) is 0 Å². The van der Waals surface area contributed by atoms with E-state index in [1.807, 2.05) is 31.8 Å². The van der Waals surface area contributed by atoms with Crippen molar-refractivity contribution in [2.24, 2.45) is 0 Å². The molecule has 0 aliphatic carbocycles. The van der Waals surface area contributed by atoms with E-state index in [4.69, 9.17) is 10.5 Å². The lowest BCUT2D eigenvalue weighted by Crippen LogP contribution is -2.17. The first-order valence-corrected chi connectivity index (χ1v) is 5.46. The number of hydrogen-bond acceptors (Lipinski definition) is 3. The molecule has 0 spiro atoms. The molecular formula is C6H11N3S. The van der Waals surface area contributed by atoms with Crippen LogP contribution in [0.25, 0.3) is 0 Å². The van der Waals surface area contributed by atoms with Crippen molar-refractivity contribution >= 4 is 10.2 Å². The van der Waals surface area contributed by atoms with Gasteiger partial charge in [0.05, 0.1) is 0 Å². The Kier molecular flexibility index (Phi) is 3.05. The molecule has 0 aromatic heterocycles. The van der Waals surface area contributed by atoms with E-state index in [1.165, 1.54) is 4.31 Å². The summed E-state index contributed by atoms with van der Waals surface area (Å²) in [6, 6.07) is 0. The average Bonchev–Trinajstić information content (AvgIpc) is 1.90. The Morgan fingerprint density at radius 1 is 1.30 bits per heavy atom. The summed E-state index contributed by atoms with van der Waals surface area (Å²) in [5.74, 6) is 0.869. The summed E-state index contributed by atoms with van der Waals surface area (Å²) in [5.41, 5.74) is 0. The molecule has 0 heterocycles. The molecule has 0 unspecified atom stereocenters. The van der Waals surface area contributed by atoms with Crippen LogP contribution < -0.4 is 0 Å². The van der Waals surface area contributed by atoms with E-state index in [0.29, 0.717) is 0 Å². The number of nitriles is 2. The molecule has 0 bridgehead atoms. The van der Waals surface area contributed by atoms with Crippen molar-refractivity contribution in [3.8, 4) is 12.4 Å². The van der Waals surface area contributed by atoms with Gasteiger partial charge in [-0.25, -0.2) is 0 Å². The molecule has 3 nitrogen and oxygen atoms in total. The zero-order valence-corrected chi connectivity index (χ0v) is 7.27. The second-order valence-corrected chi connectivity index (χ2v) is 6.17. The van der Waals surface area contributed by atoms with Crippen molar-refractivity contribution in [2.45, 2.75) is 6.92 Å². The first kappa shape index (κ1) is 9.13. The van der Waals surface area contributed by atoms with Crippen LogP contribution in [-0.2, 0) is 0 Å². The second kappa shape index (κ2) is 3.34. The molecule has 0 atom stereocenters. The van der Waals surface area contributed by atoms with Gasteiger partial charge >= 0.3 is 0 Å². The first-order valence-electron chi connectivity index (χ1n) is 2.89. The van der Waals surface area contributed by atoms with Crippen LogP contribution in [0.15, 0.2) is 0 Å². The molecule has 0 aliphatic heterocycles. The molecule has 10 heavy (non-hydrogen) atoms. The van der Waals surface area contributed by atoms with Crippen LogP contribution in [0, 0.1) is 22.9 Å². The van der Waals surface area contributed by atoms with Crippen molar-refractivity contribution in [3.05, 3.63) is 0 Å². The maximum Gasteiger partial charge on any atom is 0.203 e. The highest BCUT2D eigenvalue weighted by atomic mass is 32.3. The van der Waals surface area contributed by atoms with Crippen LogP contribution in [0.4, 0.5) is 0 Å². The van der Waals surface area contributed by atoms with Gasteiger partial charge in [-0.05, 0) is 18.3 Å². The minimum atomic E-state index is -1.15. The van der Waals surface area contributed by atoms with Crippen molar-refractivity contribution in [1.82, 2.24) is 4.31 Å². The number of hydrogen-bond donors (Lipinski definition) is 0. The van der Waals surface area contributed by atoms with Crippen molar-refractivity contribution in [2.75, 3.05) is 18.3 Å². The van der Waals surface area contributed by atoms with E-state index in [0.717, 1.165) is 5.75 Å². The molecule has 0 N–H and O–H groups in total. The Hall–Kier alpha value is -0.870. The minimum absolute atomic E-state index is 0.869. The van der Waals surface area contributed by atoms with Crippen LogP contribution in [0.5, 0.6) is 0 Å². The van der Waals surface area contributed by atoms with Gasteiger partial charge in [0.15, 0.2) is 0 Å². The van der Waals surface area contributed by atoms with Gasteiger partial charge in [0.2, 0.25) is 12.4 Å². The smallest absolute Gasteiger partial charge is 0.175 e. The van der Waals surface area contributed by atoms with Gasteiger partial charge in [-0.15, -0.1) is 10.2 Å². The van der Waals surface area contributed by atoms with Gasteiger partial charge in [-0.3, -0.25) is 0 Å². The summed E-state index contributed by atoms with van der Waals surface area (Å²) >= 11 is 0. The normalized spacial score (nSPS) is 11.3. The fraction of sp³-hybridized carbons (Fsp3) is 0.667. The Morgan fingerprint density at radius 2 is 1.70 bits per heavy atom. The molecule has 0 rings (SSSR count). The molecule has 0 aliphatic rings. The van der Waals surface area contributed by atoms with E-state index >= 15 is 0 Å². The van der Waals surface area contributed by atoms with Crippen molar-refractivity contribution in [1.29, 1.82) is 10.5 Å². The molecule has 0 aromatic carbocycles. The lowest BCUT2D eigenvalue weighted by atomic mass is 11.0. The number of nitrogens with zero attached hydrogens (tertiary/aromatic N) is 3. The van der Waals surface area contributed by atoms with Crippen LogP contribution in [-0.4, -0.2) is 22.6 Å². The molecule has 0 aromatic rings. The lowest BCUT2D eigenvalue weighted by Gasteiger charge is -2.32. The predicted octanol–water partition coefficient (Wildman–Crippen LogP) is 1.25. The van der Waals surface area contributed by atoms with Crippen molar-refractivity contribution < 1.29 is 0 Å². The van der Waals surface area contributed by atoms with Crippen LogP contribution in [0.1, 0.15) is 6.92 Å². The lowest BCUT2D eigenvalue weighted by molar-refractivity contribution is 0.873. The topological polar surface area (TPSA) is 50.8 Å². The molecule has 4 heteroatoms. The monoisotopic (exact) mass is 157 g/mol. The van der Waals surface area contributed by atoms with Gasteiger partial charge in [-0.1, -0.05) is 6.92 Å². The van der Waals surface area contributed by atoms with Gasteiger partial charge in [0, 0.05) is 0 Å². The number of rotatable bonds is 2. The standard InChI is InChI=1S/C6H11N3S/c1-4-10(2,3)9(5-7)6-8/h4H2,1-3H3. The Bertz CT molecular complexity index is 172. The maximum absolute atomic E-state index is 8.47. The summed E-state index contributed by atoms with van der Waals surface area (Å²) in [6.07, 6.45) is 7.59. The molecule has 0 saturated heterocycles. The summed E-state index contributed by atoms with van der Waals surface area (Å²) in [4.78, 5) is 0. The summed E-state index contributed by atoms with van der Waals surface area (Å²) in [7, 11) is -1.15. The van der Waals surface area contributed by atoms with Gasteiger partial charge in [-0.2, -0.15) is 14.8 Å². The summed E-state index contributed by atoms with van der Waals surface area (Å²) < 4.78 is 1.19. The largest absolute Gasteiger partial charge is 0.203 e. The molecule has 56 valence electrons. The predicted molar refractivity (Wildman–Crippen MR) is 43.0 cm³/mol. The van der Waals surface area contributed by atoms with E-state index in [9.17, 15) is 0 Å². The van der Waals surface area contributed by atoms with E-state index in [1.54, 1.807) is 0 Å². The van der Waals surface area contributed by atoms with Crippen LogP contribution >= 0.6 is 10.2 Å². The third kappa shape index (κ3) is 1.82. The SMILES string of the molecule is CCS(C)(C)N(C#N)C#N. The van der Waals surface area contributed by atoms with Gasteiger partial charge in [0.25, 0.3) is 0 Å². The van der Waals surface area contributed by atoms with Crippen LogP contribution in [0.3, 0.4) is 0 Å². The fourth-order valence-corrected chi connectivity index (χ4v) is 1.07. The quantitative estimate of drug-likeness (QED) is 0.447. The Labute approximate surface area is 63.3 Å². The second-order valence-electron chi connectivity index (χ2n) is 2.26.